The van der Waals surface area contributed by atoms with Crippen LogP contribution in [0, 0.1) is 20.8 Å². The molecule has 0 aliphatic carbocycles. The molecular formula is C39H57N6O15P3. The lowest BCUT2D eigenvalue weighted by Crippen LogP contribution is -2.36. The molecule has 0 bridgehead atoms. The molecule has 1 saturated heterocycles. The fourth-order valence-corrected chi connectivity index (χ4v) is 8.39. The average Bonchev–Trinajstić information content (AvgIpc) is 3.16. The summed E-state index contributed by atoms with van der Waals surface area (Å²) in [5, 5.41) is 40.2. The molecule has 0 atom stereocenters. The van der Waals surface area contributed by atoms with Crippen molar-refractivity contribution in [2.75, 3.05) is 58.1 Å². The summed E-state index contributed by atoms with van der Waals surface area (Å²) < 4.78 is 34.2. The molecule has 63 heavy (non-hydrogen) atoms. The largest absolute Gasteiger partial charge is 0.507 e. The normalized spacial score (nSPS) is 15.6. The molecule has 3 amide bonds. The van der Waals surface area contributed by atoms with E-state index < -0.39 is 59.4 Å². The number of nitrogens with zero attached hydrogens (tertiary/aromatic N) is 3. The molecule has 348 valence electrons. The third-order valence-corrected chi connectivity index (χ3v) is 11.8. The van der Waals surface area contributed by atoms with Crippen molar-refractivity contribution in [1.29, 1.82) is 0 Å². The molecule has 4 rings (SSSR count). The summed E-state index contributed by atoms with van der Waals surface area (Å²) in [5.41, 5.74) is 2.63. The second kappa shape index (κ2) is 22.1. The van der Waals surface area contributed by atoms with Gasteiger partial charge in [-0.05, 0) is 114 Å². The van der Waals surface area contributed by atoms with E-state index in [2.05, 4.69) is 30.7 Å². The smallest absolute Gasteiger partial charge is 0.344 e. The maximum Gasteiger partial charge on any atom is 0.344 e. The number of nitrogens with one attached hydrogen (secondary N) is 3. The van der Waals surface area contributed by atoms with Gasteiger partial charge in [-0.1, -0.05) is 18.2 Å². The van der Waals surface area contributed by atoms with Gasteiger partial charge >= 0.3 is 22.8 Å². The lowest BCUT2D eigenvalue weighted by Gasteiger charge is -2.31. The minimum atomic E-state index is -4.57. The summed E-state index contributed by atoms with van der Waals surface area (Å²) in [6.45, 7) is 8.65. The standard InChI is InChI=1S/C39H57N6O15P3/c1-25-13-28(34(46)31(16-25)37(49)40-22-61(52,53)54)19-43-7-4-9-44(20-29-14-26(2)17-32(35(29)47)38(50)41-23-62(55,56)57)11-6-12-45(10-5-8-43)21-30-15-27(3)18-33(36(30)48)39(51)42-24-63(58,59)60/h13-18,46-48H,4-12,19-24H2,1-3H3,(H,40,49)(H,41,50)(H,42,51)(H2,52,53,54)(H2,55,56,57)(H2,58,59,60). The molecule has 3 aromatic carbocycles. The summed E-state index contributed by atoms with van der Waals surface area (Å²) >= 11 is 0. The van der Waals surface area contributed by atoms with Gasteiger partial charge in [0.1, 0.15) is 36.1 Å². The number of aryl methyl sites for hydroxylation is 3. The zero-order valence-corrected chi connectivity index (χ0v) is 37.9. The Kier molecular flexibility index (Phi) is 18.1. The number of carbonyl (C=O) groups is 3. The highest BCUT2D eigenvalue weighted by Crippen LogP contribution is 2.35. The molecule has 0 aromatic heterocycles. The van der Waals surface area contributed by atoms with Gasteiger partial charge in [-0.25, -0.2) is 0 Å². The van der Waals surface area contributed by atoms with Gasteiger partial charge in [0.15, 0.2) is 0 Å². The van der Waals surface area contributed by atoms with Crippen molar-refractivity contribution in [3.8, 4) is 17.2 Å². The lowest BCUT2D eigenvalue weighted by molar-refractivity contribution is 0.0946. The van der Waals surface area contributed by atoms with Crippen LogP contribution in [-0.2, 0) is 33.3 Å². The van der Waals surface area contributed by atoms with Crippen molar-refractivity contribution < 1.29 is 72.8 Å². The quantitative estimate of drug-likeness (QED) is 0.0973. The number of rotatable bonds is 15. The fraction of sp³-hybridized carbons (Fsp3) is 0.462. The predicted octanol–water partition coefficient (Wildman–Crippen LogP) is 2.31. The zero-order chi connectivity index (χ0) is 46.9. The van der Waals surface area contributed by atoms with Crippen LogP contribution in [0.3, 0.4) is 0 Å². The number of benzene rings is 3. The third-order valence-electron chi connectivity index (χ3n) is 10.1. The highest BCUT2D eigenvalue weighted by Gasteiger charge is 2.25. The minimum Gasteiger partial charge on any atom is -0.507 e. The Bertz CT molecular complexity index is 2030. The molecule has 1 fully saturated rings. The topological polar surface area (TPSA) is 330 Å². The van der Waals surface area contributed by atoms with Gasteiger partial charge in [-0.3, -0.25) is 42.8 Å². The first kappa shape index (κ1) is 51.4. The first-order valence-electron chi connectivity index (χ1n) is 19.9. The maximum absolute atomic E-state index is 12.9. The summed E-state index contributed by atoms with van der Waals surface area (Å²) in [7, 11) is -13.7. The molecule has 0 unspecified atom stereocenters. The molecule has 1 heterocycles. The van der Waals surface area contributed by atoms with E-state index in [1.165, 1.54) is 18.2 Å². The monoisotopic (exact) mass is 942 g/mol. The van der Waals surface area contributed by atoms with Crippen molar-refractivity contribution in [3.63, 3.8) is 0 Å². The molecule has 3 aromatic rings. The van der Waals surface area contributed by atoms with Crippen LogP contribution in [0.4, 0.5) is 0 Å². The van der Waals surface area contributed by atoms with E-state index in [1.54, 1.807) is 39.0 Å². The number of phenolic OH excluding ortho intramolecular Hbond substituents is 3. The van der Waals surface area contributed by atoms with Gasteiger partial charge < -0.3 is 60.6 Å². The summed E-state index contributed by atoms with van der Waals surface area (Å²) in [6, 6.07) is 9.40. The molecule has 24 heteroatoms. The van der Waals surface area contributed by atoms with E-state index in [1.807, 2.05) is 0 Å². The van der Waals surface area contributed by atoms with Crippen molar-refractivity contribution in [2.45, 2.75) is 59.7 Å². The fourth-order valence-electron chi connectivity index (χ4n) is 7.34. The van der Waals surface area contributed by atoms with Gasteiger partial charge in [-0.2, -0.15) is 0 Å². The predicted molar refractivity (Wildman–Crippen MR) is 231 cm³/mol. The van der Waals surface area contributed by atoms with Crippen LogP contribution in [0.5, 0.6) is 17.2 Å². The molecule has 1 aliphatic rings. The van der Waals surface area contributed by atoms with Crippen molar-refractivity contribution in [1.82, 2.24) is 30.7 Å². The van der Waals surface area contributed by atoms with Crippen LogP contribution in [0.25, 0.3) is 0 Å². The molecule has 12 N–H and O–H groups in total. The molecule has 0 radical (unpaired) electrons. The van der Waals surface area contributed by atoms with E-state index >= 15 is 0 Å². The molecule has 0 spiro atoms. The van der Waals surface area contributed by atoms with Crippen LogP contribution in [0.1, 0.15) is 83.7 Å². The van der Waals surface area contributed by atoms with Crippen LogP contribution < -0.4 is 16.0 Å². The van der Waals surface area contributed by atoms with E-state index in [-0.39, 0.29) is 53.6 Å². The van der Waals surface area contributed by atoms with Gasteiger partial charge in [-0.15, -0.1) is 0 Å². The van der Waals surface area contributed by atoms with Gasteiger partial charge in [0, 0.05) is 36.3 Å². The molecule has 21 nitrogen and oxygen atoms in total. The van der Waals surface area contributed by atoms with E-state index in [0.29, 0.717) is 91.9 Å². The number of phenols is 3. The Labute approximate surface area is 364 Å². The Hall–Kier alpha value is -4.20. The van der Waals surface area contributed by atoms with Crippen molar-refractivity contribution in [3.05, 3.63) is 86.5 Å². The van der Waals surface area contributed by atoms with Gasteiger partial charge in [0.05, 0.1) is 16.7 Å². The third kappa shape index (κ3) is 16.7. The van der Waals surface area contributed by atoms with E-state index in [9.17, 15) is 72.8 Å². The SMILES string of the molecule is Cc1cc(CN2CCCN(Cc3cc(C)cc(C(=O)NCP(=O)(O)O)c3O)CCCN(Cc3cc(C)cc(C(=O)NCP(=O)(O)O)c3O)CCC2)c(O)c(C(=O)NCP(=O)(O)O)c1. The molecule has 0 saturated carbocycles. The number of aromatic hydroxyl groups is 3. The first-order valence-corrected chi connectivity index (χ1v) is 25.3. The van der Waals surface area contributed by atoms with E-state index in [0.717, 1.165) is 0 Å². The van der Waals surface area contributed by atoms with Crippen molar-refractivity contribution >= 4 is 40.5 Å². The second-order valence-electron chi connectivity index (χ2n) is 15.8. The lowest BCUT2D eigenvalue weighted by atomic mass is 10.0. The summed E-state index contributed by atoms with van der Waals surface area (Å²) in [5.74, 6) is -3.60. The zero-order valence-electron chi connectivity index (χ0n) is 35.2. The highest BCUT2D eigenvalue weighted by atomic mass is 31.2. The number of hydrogen-bond acceptors (Lipinski definition) is 12. The Morgan fingerprint density at radius 1 is 0.460 bits per heavy atom. The number of hydrogen-bond donors (Lipinski definition) is 12. The second-order valence-corrected chi connectivity index (χ2v) is 20.8. The Morgan fingerprint density at radius 2 is 0.683 bits per heavy atom. The van der Waals surface area contributed by atoms with Gasteiger partial charge in [0.25, 0.3) is 17.7 Å². The Morgan fingerprint density at radius 3 is 0.889 bits per heavy atom. The molecular weight excluding hydrogens is 885 g/mol. The van der Waals surface area contributed by atoms with Crippen LogP contribution >= 0.6 is 22.8 Å². The van der Waals surface area contributed by atoms with Crippen LogP contribution in [-0.4, -0.2) is 135 Å². The van der Waals surface area contributed by atoms with E-state index in [4.69, 9.17) is 0 Å². The minimum absolute atomic E-state index is 0.148. The van der Waals surface area contributed by atoms with Crippen molar-refractivity contribution in [2.24, 2.45) is 0 Å². The average molecular weight is 943 g/mol. The highest BCUT2D eigenvalue weighted by molar-refractivity contribution is 7.52. The maximum atomic E-state index is 12.9. The number of carbonyl (C=O) groups excluding carboxylic acids is 3. The van der Waals surface area contributed by atoms with Crippen LogP contribution in [0.15, 0.2) is 36.4 Å². The Balaban J connectivity index is 1.64. The molecule has 1 aliphatic heterocycles. The van der Waals surface area contributed by atoms with Crippen LogP contribution in [0.2, 0.25) is 0 Å². The first-order chi connectivity index (χ1) is 29.3. The van der Waals surface area contributed by atoms with Gasteiger partial charge in [0.2, 0.25) is 0 Å². The summed E-state index contributed by atoms with van der Waals surface area (Å²) in [6.07, 6.45) is -0.950. The number of amides is 3. The summed E-state index contributed by atoms with van der Waals surface area (Å²) in [4.78, 5) is 101.